The van der Waals surface area contributed by atoms with Crippen LogP contribution in [0.3, 0.4) is 0 Å². The molecule has 0 unspecified atom stereocenters. The molecule has 5 nitrogen and oxygen atoms in total. The van der Waals surface area contributed by atoms with Gasteiger partial charge in [-0.2, -0.15) is 0 Å². The zero-order valence-corrected chi connectivity index (χ0v) is 15.3. The molecule has 1 atom stereocenters. The molecule has 1 fully saturated rings. The van der Waals surface area contributed by atoms with E-state index in [-0.39, 0.29) is 17.8 Å². The molecule has 132 valence electrons. The van der Waals surface area contributed by atoms with Crippen LogP contribution in [-0.4, -0.2) is 23.0 Å². The van der Waals surface area contributed by atoms with Gasteiger partial charge in [0, 0.05) is 10.9 Å². The average Bonchev–Trinajstić information content (AvgIpc) is 3.01. The first kappa shape index (κ1) is 17.6. The maximum Gasteiger partial charge on any atom is 0.309 e. The first-order valence-corrected chi connectivity index (χ1v) is 9.51. The molecule has 25 heavy (non-hydrogen) atoms. The number of esters is 1. The van der Waals surface area contributed by atoms with Crippen LogP contribution in [0, 0.1) is 5.92 Å². The van der Waals surface area contributed by atoms with Gasteiger partial charge in [0.25, 0.3) is 5.91 Å². The smallest absolute Gasteiger partial charge is 0.309 e. The van der Waals surface area contributed by atoms with Crippen molar-refractivity contribution in [1.29, 1.82) is 0 Å². The highest BCUT2D eigenvalue weighted by Crippen LogP contribution is 2.28. The van der Waals surface area contributed by atoms with Crippen LogP contribution in [-0.2, 0) is 20.7 Å². The van der Waals surface area contributed by atoms with Gasteiger partial charge in [-0.05, 0) is 31.7 Å². The fourth-order valence-electron chi connectivity index (χ4n) is 2.55. The number of nitrogens with one attached hydrogen (secondary N) is 1. The average molecular weight is 358 g/mol. The minimum Gasteiger partial charge on any atom is -0.452 e. The number of hydrogen-bond acceptors (Lipinski definition) is 5. The van der Waals surface area contributed by atoms with E-state index in [0.717, 1.165) is 36.9 Å². The molecule has 1 aromatic heterocycles. The predicted octanol–water partition coefficient (Wildman–Crippen LogP) is 4.04. The van der Waals surface area contributed by atoms with Crippen molar-refractivity contribution in [2.75, 3.05) is 5.32 Å². The summed E-state index contributed by atoms with van der Waals surface area (Å²) in [4.78, 5) is 28.4. The Labute approximate surface area is 151 Å². The molecule has 0 radical (unpaired) electrons. The Morgan fingerprint density at radius 1 is 1.32 bits per heavy atom. The summed E-state index contributed by atoms with van der Waals surface area (Å²) in [6.45, 7) is 3.70. The Morgan fingerprint density at radius 3 is 2.64 bits per heavy atom. The van der Waals surface area contributed by atoms with E-state index in [1.54, 1.807) is 6.92 Å². The fourth-order valence-corrected chi connectivity index (χ4v) is 3.27. The molecular weight excluding hydrogens is 336 g/mol. The van der Waals surface area contributed by atoms with Crippen LogP contribution in [0.4, 0.5) is 5.13 Å². The highest BCUT2D eigenvalue weighted by molar-refractivity contribution is 7.14. The number of amides is 1. The standard InChI is InChI=1S/C19H22N2O3S/c1-3-13-7-9-14(10-8-13)16-11-25-19(20-16)21-17(22)12(2)24-18(23)15-5-4-6-15/h7-12,15H,3-6H2,1-2H3,(H,20,21,22)/t12-/m0/s1. The molecule has 0 bridgehead atoms. The second kappa shape index (κ2) is 7.78. The minimum absolute atomic E-state index is 0.0344. The molecule has 2 aromatic rings. The molecular formula is C19H22N2O3S. The van der Waals surface area contributed by atoms with Gasteiger partial charge in [-0.25, -0.2) is 4.98 Å². The number of nitrogens with zero attached hydrogens (tertiary/aromatic N) is 1. The van der Waals surface area contributed by atoms with E-state index in [2.05, 4.69) is 29.4 Å². The second-order valence-electron chi connectivity index (χ2n) is 6.28. The van der Waals surface area contributed by atoms with Crippen LogP contribution in [0.25, 0.3) is 11.3 Å². The van der Waals surface area contributed by atoms with Crippen molar-refractivity contribution in [3.05, 3.63) is 35.2 Å². The van der Waals surface area contributed by atoms with Crippen LogP contribution in [0.1, 0.15) is 38.7 Å². The molecule has 3 rings (SSSR count). The molecule has 0 saturated heterocycles. The number of thiazole rings is 1. The Bertz CT molecular complexity index is 750. The van der Waals surface area contributed by atoms with Crippen LogP contribution < -0.4 is 5.32 Å². The van der Waals surface area contributed by atoms with Gasteiger partial charge in [-0.3, -0.25) is 14.9 Å². The van der Waals surface area contributed by atoms with Crippen LogP contribution >= 0.6 is 11.3 Å². The first-order valence-electron chi connectivity index (χ1n) is 8.63. The largest absolute Gasteiger partial charge is 0.452 e. The van der Waals surface area contributed by atoms with Crippen molar-refractivity contribution < 1.29 is 14.3 Å². The summed E-state index contributed by atoms with van der Waals surface area (Å²) in [7, 11) is 0. The number of ether oxygens (including phenoxy) is 1. The minimum atomic E-state index is -0.815. The zero-order valence-electron chi connectivity index (χ0n) is 14.5. The molecule has 1 saturated carbocycles. The SMILES string of the molecule is CCc1ccc(-c2csc(NC(=O)[C@H](C)OC(=O)C3CCC3)n2)cc1. The molecule has 1 aliphatic rings. The Hall–Kier alpha value is -2.21. The monoisotopic (exact) mass is 358 g/mol. The molecule has 1 heterocycles. The first-order chi connectivity index (χ1) is 12.1. The number of carbonyl (C=O) groups excluding carboxylic acids is 2. The summed E-state index contributed by atoms with van der Waals surface area (Å²) in [6.07, 6.45) is 2.96. The maximum atomic E-state index is 12.2. The van der Waals surface area contributed by atoms with E-state index in [1.165, 1.54) is 16.9 Å². The van der Waals surface area contributed by atoms with Gasteiger partial charge in [-0.1, -0.05) is 37.6 Å². The third-order valence-corrected chi connectivity index (χ3v) is 5.25. The second-order valence-corrected chi connectivity index (χ2v) is 7.14. The lowest BCUT2D eigenvalue weighted by atomic mass is 9.86. The number of aromatic nitrogens is 1. The number of carbonyl (C=O) groups is 2. The summed E-state index contributed by atoms with van der Waals surface area (Å²) in [5, 5.41) is 5.14. The quantitative estimate of drug-likeness (QED) is 0.791. The summed E-state index contributed by atoms with van der Waals surface area (Å²) < 4.78 is 5.23. The van der Waals surface area contributed by atoms with Crippen molar-refractivity contribution in [2.45, 2.75) is 45.6 Å². The molecule has 1 aromatic carbocycles. The van der Waals surface area contributed by atoms with Gasteiger partial charge >= 0.3 is 5.97 Å². The summed E-state index contributed by atoms with van der Waals surface area (Å²) in [5.41, 5.74) is 3.11. The van der Waals surface area contributed by atoms with E-state index in [9.17, 15) is 9.59 Å². The van der Waals surface area contributed by atoms with Crippen molar-refractivity contribution in [3.63, 3.8) is 0 Å². The molecule has 0 aliphatic heterocycles. The zero-order chi connectivity index (χ0) is 17.8. The lowest BCUT2D eigenvalue weighted by molar-refractivity contribution is -0.159. The third kappa shape index (κ3) is 4.25. The normalized spacial score (nSPS) is 15.3. The lowest BCUT2D eigenvalue weighted by Crippen LogP contribution is -2.34. The van der Waals surface area contributed by atoms with Gasteiger partial charge in [0.05, 0.1) is 11.6 Å². The van der Waals surface area contributed by atoms with Crippen molar-refractivity contribution >= 4 is 28.3 Å². The van der Waals surface area contributed by atoms with Gasteiger partial charge in [0.1, 0.15) is 0 Å². The Morgan fingerprint density at radius 2 is 2.04 bits per heavy atom. The molecule has 1 aliphatic carbocycles. The summed E-state index contributed by atoms with van der Waals surface area (Å²) >= 11 is 1.36. The number of rotatable bonds is 6. The molecule has 0 spiro atoms. The van der Waals surface area contributed by atoms with E-state index in [1.807, 2.05) is 17.5 Å². The molecule has 1 N–H and O–H groups in total. The van der Waals surface area contributed by atoms with Crippen LogP contribution in [0.2, 0.25) is 0 Å². The van der Waals surface area contributed by atoms with Gasteiger partial charge < -0.3 is 4.74 Å². The van der Waals surface area contributed by atoms with E-state index in [4.69, 9.17) is 4.74 Å². The lowest BCUT2D eigenvalue weighted by Gasteiger charge is -2.24. The highest BCUT2D eigenvalue weighted by atomic mass is 32.1. The third-order valence-electron chi connectivity index (χ3n) is 4.49. The van der Waals surface area contributed by atoms with Crippen molar-refractivity contribution in [3.8, 4) is 11.3 Å². The van der Waals surface area contributed by atoms with E-state index in [0.29, 0.717) is 5.13 Å². The van der Waals surface area contributed by atoms with Crippen LogP contribution in [0.5, 0.6) is 0 Å². The van der Waals surface area contributed by atoms with Crippen molar-refractivity contribution in [2.24, 2.45) is 5.92 Å². The number of aryl methyl sites for hydroxylation is 1. The topological polar surface area (TPSA) is 68.3 Å². The highest BCUT2D eigenvalue weighted by Gasteiger charge is 2.29. The summed E-state index contributed by atoms with van der Waals surface area (Å²) in [5.74, 6) is -0.660. The van der Waals surface area contributed by atoms with E-state index < -0.39 is 6.10 Å². The van der Waals surface area contributed by atoms with E-state index >= 15 is 0 Å². The number of benzene rings is 1. The van der Waals surface area contributed by atoms with Gasteiger partial charge in [0.2, 0.25) is 0 Å². The maximum absolute atomic E-state index is 12.2. The Balaban J connectivity index is 1.58. The van der Waals surface area contributed by atoms with Crippen molar-refractivity contribution in [1.82, 2.24) is 4.98 Å². The van der Waals surface area contributed by atoms with Gasteiger partial charge in [-0.15, -0.1) is 11.3 Å². The van der Waals surface area contributed by atoms with Crippen LogP contribution in [0.15, 0.2) is 29.6 Å². The van der Waals surface area contributed by atoms with Gasteiger partial charge in [0.15, 0.2) is 11.2 Å². The Kier molecular flexibility index (Phi) is 5.48. The summed E-state index contributed by atoms with van der Waals surface area (Å²) in [6, 6.07) is 8.22. The predicted molar refractivity (Wildman–Crippen MR) is 98.5 cm³/mol. The number of anilines is 1. The molecule has 6 heteroatoms. The fraction of sp³-hybridized carbons (Fsp3) is 0.421. The number of hydrogen-bond donors (Lipinski definition) is 1. The molecule has 1 amide bonds.